The second-order valence-corrected chi connectivity index (χ2v) is 6.16. The first-order chi connectivity index (χ1) is 9.22. The van der Waals surface area contributed by atoms with Crippen molar-refractivity contribution in [2.24, 2.45) is 5.92 Å². The monoisotopic (exact) mass is 283 g/mol. The molecule has 104 valence electrons. The minimum absolute atomic E-state index is 0.00302. The minimum Gasteiger partial charge on any atom is -0.393 e. The molecule has 2 saturated carbocycles. The number of amides is 1. The van der Waals surface area contributed by atoms with Gasteiger partial charge in [0.2, 0.25) is 11.1 Å². The molecule has 8 heteroatoms. The van der Waals surface area contributed by atoms with Gasteiger partial charge in [-0.25, -0.2) is 4.68 Å². The molecule has 1 aromatic heterocycles. The number of aliphatic hydroxyl groups excluding tert-OH is 1. The average Bonchev–Trinajstić information content (AvgIpc) is 3.10. The highest BCUT2D eigenvalue weighted by Crippen LogP contribution is 2.36. The van der Waals surface area contributed by atoms with Crippen molar-refractivity contribution >= 4 is 17.7 Å². The van der Waals surface area contributed by atoms with Gasteiger partial charge in [0.15, 0.2) is 0 Å². The molecule has 1 aromatic rings. The molecule has 2 fully saturated rings. The zero-order chi connectivity index (χ0) is 13.2. The van der Waals surface area contributed by atoms with E-state index in [0.29, 0.717) is 24.3 Å². The average molecular weight is 283 g/mol. The number of aliphatic hydroxyl groups is 1. The van der Waals surface area contributed by atoms with Gasteiger partial charge in [-0.05, 0) is 42.0 Å². The first kappa shape index (κ1) is 12.9. The Morgan fingerprint density at radius 2 is 2.26 bits per heavy atom. The first-order valence-electron chi connectivity index (χ1n) is 6.58. The molecule has 0 aromatic carbocycles. The standard InChI is InChI=1S/C11H17N5O2S/c17-9-3-7(4-9)5-12-10(18)6-19-11-13-14-15-16(11)8-1-2-8/h7-9,17H,1-6H2,(H,12,18). The Hall–Kier alpha value is -1.15. The van der Waals surface area contributed by atoms with Gasteiger partial charge < -0.3 is 10.4 Å². The summed E-state index contributed by atoms with van der Waals surface area (Å²) in [6.07, 6.45) is 3.67. The number of thioether (sulfide) groups is 1. The van der Waals surface area contributed by atoms with Gasteiger partial charge in [0.25, 0.3) is 0 Å². The van der Waals surface area contributed by atoms with Crippen LogP contribution in [-0.4, -0.2) is 49.6 Å². The molecule has 0 atom stereocenters. The number of nitrogens with one attached hydrogen (secondary N) is 1. The summed E-state index contributed by atoms with van der Waals surface area (Å²) in [6, 6.07) is 0.428. The lowest BCUT2D eigenvalue weighted by Gasteiger charge is -2.31. The quantitative estimate of drug-likeness (QED) is 0.713. The number of carbonyl (C=O) groups excluding carboxylic acids is 1. The van der Waals surface area contributed by atoms with Gasteiger partial charge in [0.1, 0.15) is 0 Å². The third kappa shape index (κ3) is 3.24. The van der Waals surface area contributed by atoms with Gasteiger partial charge >= 0.3 is 0 Å². The van der Waals surface area contributed by atoms with Crippen molar-refractivity contribution in [3.05, 3.63) is 0 Å². The fourth-order valence-corrected chi connectivity index (χ4v) is 2.91. The molecule has 19 heavy (non-hydrogen) atoms. The van der Waals surface area contributed by atoms with Gasteiger partial charge in [0, 0.05) is 6.54 Å². The molecule has 1 amide bonds. The third-order valence-electron chi connectivity index (χ3n) is 3.49. The molecular weight excluding hydrogens is 266 g/mol. The second-order valence-electron chi connectivity index (χ2n) is 5.22. The second kappa shape index (κ2) is 5.46. The van der Waals surface area contributed by atoms with Crippen molar-refractivity contribution in [2.45, 2.75) is 43.0 Å². The van der Waals surface area contributed by atoms with E-state index in [0.717, 1.165) is 30.8 Å². The fourth-order valence-electron chi connectivity index (χ4n) is 2.14. The summed E-state index contributed by atoms with van der Waals surface area (Å²) in [5.74, 6) is 0.764. The molecule has 0 bridgehead atoms. The van der Waals surface area contributed by atoms with E-state index >= 15 is 0 Å². The smallest absolute Gasteiger partial charge is 0.230 e. The Morgan fingerprint density at radius 1 is 1.47 bits per heavy atom. The van der Waals surface area contributed by atoms with Crippen LogP contribution in [0.5, 0.6) is 0 Å². The maximum absolute atomic E-state index is 11.7. The molecule has 0 saturated heterocycles. The summed E-state index contributed by atoms with van der Waals surface area (Å²) in [5, 5.41) is 24.3. The van der Waals surface area contributed by atoms with Crippen LogP contribution in [0.15, 0.2) is 5.16 Å². The molecule has 0 spiro atoms. The Balaban J connectivity index is 1.39. The maximum atomic E-state index is 11.7. The lowest BCUT2D eigenvalue weighted by atomic mass is 9.82. The summed E-state index contributed by atoms with van der Waals surface area (Å²) >= 11 is 1.37. The van der Waals surface area contributed by atoms with Gasteiger partial charge in [-0.1, -0.05) is 11.8 Å². The van der Waals surface area contributed by atoms with E-state index in [1.807, 2.05) is 0 Å². The van der Waals surface area contributed by atoms with E-state index in [2.05, 4.69) is 20.8 Å². The van der Waals surface area contributed by atoms with Crippen LogP contribution in [0.4, 0.5) is 0 Å². The van der Waals surface area contributed by atoms with Gasteiger partial charge in [-0.3, -0.25) is 4.79 Å². The summed E-state index contributed by atoms with van der Waals surface area (Å²) in [6.45, 7) is 0.657. The molecule has 3 rings (SSSR count). The zero-order valence-corrected chi connectivity index (χ0v) is 11.3. The molecule has 7 nitrogen and oxygen atoms in total. The highest BCUT2D eigenvalue weighted by Gasteiger charge is 2.29. The minimum atomic E-state index is -0.167. The van der Waals surface area contributed by atoms with E-state index in [1.165, 1.54) is 11.8 Å². The number of carbonyl (C=O) groups is 1. The summed E-state index contributed by atoms with van der Waals surface area (Å²) in [4.78, 5) is 11.7. The van der Waals surface area contributed by atoms with Gasteiger partial charge in [-0.15, -0.1) is 5.10 Å². The Labute approximate surface area is 115 Å². The van der Waals surface area contributed by atoms with Crippen LogP contribution < -0.4 is 5.32 Å². The Morgan fingerprint density at radius 3 is 2.95 bits per heavy atom. The van der Waals surface area contributed by atoms with Crippen molar-refractivity contribution < 1.29 is 9.90 Å². The summed E-state index contributed by atoms with van der Waals surface area (Å²) in [5.41, 5.74) is 0. The number of rotatable bonds is 6. The largest absolute Gasteiger partial charge is 0.393 e. The number of hydrogen-bond acceptors (Lipinski definition) is 6. The highest BCUT2D eigenvalue weighted by molar-refractivity contribution is 7.99. The van der Waals surface area contributed by atoms with Crippen LogP contribution in [0.1, 0.15) is 31.7 Å². The van der Waals surface area contributed by atoms with E-state index in [4.69, 9.17) is 5.11 Å². The highest BCUT2D eigenvalue weighted by atomic mass is 32.2. The maximum Gasteiger partial charge on any atom is 0.230 e. The van der Waals surface area contributed by atoms with E-state index in [9.17, 15) is 4.79 Å². The van der Waals surface area contributed by atoms with Crippen molar-refractivity contribution in [1.29, 1.82) is 0 Å². The number of tetrazole rings is 1. The molecule has 0 unspecified atom stereocenters. The molecule has 2 aliphatic carbocycles. The van der Waals surface area contributed by atoms with E-state index < -0.39 is 0 Å². The zero-order valence-electron chi connectivity index (χ0n) is 10.5. The Kier molecular flexibility index (Phi) is 3.69. The fraction of sp³-hybridized carbons (Fsp3) is 0.818. The van der Waals surface area contributed by atoms with E-state index in [1.54, 1.807) is 4.68 Å². The van der Waals surface area contributed by atoms with Crippen LogP contribution in [0.25, 0.3) is 0 Å². The third-order valence-corrected chi connectivity index (χ3v) is 4.42. The lowest BCUT2D eigenvalue weighted by molar-refractivity contribution is -0.119. The van der Waals surface area contributed by atoms with Crippen LogP contribution in [0, 0.1) is 5.92 Å². The topological polar surface area (TPSA) is 92.9 Å². The lowest BCUT2D eigenvalue weighted by Crippen LogP contribution is -2.39. The summed E-state index contributed by atoms with van der Waals surface area (Å²) in [7, 11) is 0. The van der Waals surface area contributed by atoms with Crippen LogP contribution in [0.2, 0.25) is 0 Å². The Bertz CT molecular complexity index is 456. The molecular formula is C11H17N5O2S. The molecule has 1 heterocycles. The van der Waals surface area contributed by atoms with Gasteiger partial charge in [-0.2, -0.15) is 0 Å². The van der Waals surface area contributed by atoms with Gasteiger partial charge in [0.05, 0.1) is 17.9 Å². The normalized spacial score (nSPS) is 25.9. The number of hydrogen-bond donors (Lipinski definition) is 2. The van der Waals surface area contributed by atoms with Crippen LogP contribution in [-0.2, 0) is 4.79 Å². The van der Waals surface area contributed by atoms with Crippen molar-refractivity contribution in [2.75, 3.05) is 12.3 Å². The molecule has 2 N–H and O–H groups in total. The molecule has 0 aliphatic heterocycles. The predicted molar refractivity (Wildman–Crippen MR) is 68.6 cm³/mol. The van der Waals surface area contributed by atoms with Crippen LogP contribution in [0.3, 0.4) is 0 Å². The van der Waals surface area contributed by atoms with Crippen molar-refractivity contribution in [1.82, 2.24) is 25.5 Å². The van der Waals surface area contributed by atoms with E-state index in [-0.39, 0.29) is 12.0 Å². The predicted octanol–water partition coefficient (Wildman–Crippen LogP) is -0.0128. The number of nitrogens with zero attached hydrogens (tertiary/aromatic N) is 4. The first-order valence-corrected chi connectivity index (χ1v) is 7.56. The van der Waals surface area contributed by atoms with Crippen LogP contribution >= 0.6 is 11.8 Å². The molecule has 0 radical (unpaired) electrons. The summed E-state index contributed by atoms with van der Waals surface area (Å²) < 4.78 is 1.81. The van der Waals surface area contributed by atoms with Crippen molar-refractivity contribution in [3.8, 4) is 0 Å². The number of aromatic nitrogens is 4. The van der Waals surface area contributed by atoms with Crippen molar-refractivity contribution in [3.63, 3.8) is 0 Å². The SMILES string of the molecule is O=C(CSc1nnnn1C1CC1)NCC1CC(O)C1. The molecule has 2 aliphatic rings.